The third-order valence-electron chi connectivity index (χ3n) is 2.10. The van der Waals surface area contributed by atoms with Crippen LogP contribution in [0.5, 0.6) is 0 Å². The number of carbonyl (C=O) groups excluding carboxylic acids is 2. The summed E-state index contributed by atoms with van der Waals surface area (Å²) in [5, 5.41) is 5.17. The highest BCUT2D eigenvalue weighted by Crippen LogP contribution is 2.04. The monoisotopic (exact) mass is 250 g/mol. The van der Waals surface area contributed by atoms with Crippen molar-refractivity contribution in [3.05, 3.63) is 41.7 Å². The minimum absolute atomic E-state index is 0.133. The summed E-state index contributed by atoms with van der Waals surface area (Å²) in [7, 11) is 0. The van der Waals surface area contributed by atoms with Gasteiger partial charge in [-0.15, -0.1) is 0 Å². The first kappa shape index (κ1) is 13.9. The maximum Gasteiger partial charge on any atom is 0.244 e. The average molecular weight is 250 g/mol. The maximum absolute atomic E-state index is 12.6. The fraction of sp³-hybridized carbons (Fsp3) is 0.231. The molecule has 0 atom stereocenters. The van der Waals surface area contributed by atoms with Crippen LogP contribution in [-0.4, -0.2) is 24.9 Å². The van der Waals surface area contributed by atoms with Crippen molar-refractivity contribution in [2.24, 2.45) is 0 Å². The first-order chi connectivity index (χ1) is 8.58. The SMILES string of the molecule is CC(=O)NCCNC(=O)/C=C/c1ccc(F)cc1. The number of nitrogens with one attached hydrogen (secondary N) is 2. The van der Waals surface area contributed by atoms with Crippen LogP contribution in [0.3, 0.4) is 0 Å². The summed E-state index contributed by atoms with van der Waals surface area (Å²) < 4.78 is 12.6. The van der Waals surface area contributed by atoms with Gasteiger partial charge in [-0.3, -0.25) is 9.59 Å². The van der Waals surface area contributed by atoms with E-state index < -0.39 is 0 Å². The first-order valence-corrected chi connectivity index (χ1v) is 5.54. The normalized spacial score (nSPS) is 10.3. The molecule has 0 radical (unpaired) electrons. The summed E-state index contributed by atoms with van der Waals surface area (Å²) in [5.74, 6) is -0.706. The highest BCUT2D eigenvalue weighted by atomic mass is 19.1. The van der Waals surface area contributed by atoms with Gasteiger partial charge in [0.1, 0.15) is 5.82 Å². The summed E-state index contributed by atoms with van der Waals surface area (Å²) in [5.41, 5.74) is 0.744. The molecule has 2 N–H and O–H groups in total. The molecule has 0 fully saturated rings. The molecular formula is C13H15FN2O2. The van der Waals surface area contributed by atoms with Gasteiger partial charge in [-0.25, -0.2) is 4.39 Å². The number of hydrogen-bond donors (Lipinski definition) is 2. The molecule has 4 nitrogen and oxygen atoms in total. The zero-order valence-corrected chi connectivity index (χ0v) is 10.1. The van der Waals surface area contributed by atoms with Gasteiger partial charge >= 0.3 is 0 Å². The van der Waals surface area contributed by atoms with Crippen LogP contribution in [0.1, 0.15) is 12.5 Å². The van der Waals surface area contributed by atoms with Crippen molar-refractivity contribution in [1.29, 1.82) is 0 Å². The molecule has 5 heteroatoms. The van der Waals surface area contributed by atoms with Crippen molar-refractivity contribution >= 4 is 17.9 Å². The Balaban J connectivity index is 2.31. The van der Waals surface area contributed by atoms with Gasteiger partial charge in [0.25, 0.3) is 0 Å². The molecule has 96 valence electrons. The van der Waals surface area contributed by atoms with Crippen molar-refractivity contribution in [3.8, 4) is 0 Å². The van der Waals surface area contributed by atoms with Crippen LogP contribution >= 0.6 is 0 Å². The van der Waals surface area contributed by atoms with E-state index >= 15 is 0 Å². The van der Waals surface area contributed by atoms with Gasteiger partial charge in [-0.2, -0.15) is 0 Å². The van der Waals surface area contributed by atoms with Crippen LogP contribution in [0.15, 0.2) is 30.3 Å². The number of benzene rings is 1. The summed E-state index contributed by atoms with van der Waals surface area (Å²) in [6.45, 7) is 2.17. The van der Waals surface area contributed by atoms with Crippen molar-refractivity contribution in [2.75, 3.05) is 13.1 Å². The van der Waals surface area contributed by atoms with Gasteiger partial charge in [0.15, 0.2) is 0 Å². The molecule has 0 unspecified atom stereocenters. The van der Waals surface area contributed by atoms with Gasteiger partial charge in [0.2, 0.25) is 11.8 Å². The molecule has 0 bridgehead atoms. The van der Waals surface area contributed by atoms with Crippen LogP contribution in [0.25, 0.3) is 6.08 Å². The summed E-state index contributed by atoms with van der Waals surface area (Å²) in [6.07, 6.45) is 2.95. The van der Waals surface area contributed by atoms with E-state index in [2.05, 4.69) is 10.6 Å². The lowest BCUT2D eigenvalue weighted by Crippen LogP contribution is -2.32. The van der Waals surface area contributed by atoms with Gasteiger partial charge in [0.05, 0.1) is 0 Å². The molecule has 1 rings (SSSR count). The molecule has 0 spiro atoms. The Bertz CT molecular complexity index is 441. The molecule has 0 aliphatic heterocycles. The Labute approximate surface area is 105 Å². The van der Waals surface area contributed by atoms with Crippen molar-refractivity contribution in [2.45, 2.75) is 6.92 Å². The number of hydrogen-bond acceptors (Lipinski definition) is 2. The molecular weight excluding hydrogens is 235 g/mol. The highest BCUT2D eigenvalue weighted by Gasteiger charge is 1.95. The summed E-state index contributed by atoms with van der Waals surface area (Å²) in [4.78, 5) is 21.9. The second kappa shape index (κ2) is 7.21. The van der Waals surface area contributed by atoms with Gasteiger partial charge in [-0.05, 0) is 23.8 Å². The topological polar surface area (TPSA) is 58.2 Å². The van der Waals surface area contributed by atoms with Gasteiger partial charge in [-0.1, -0.05) is 12.1 Å². The lowest BCUT2D eigenvalue weighted by Gasteiger charge is -2.02. The maximum atomic E-state index is 12.6. The standard InChI is InChI=1S/C13H15FN2O2/c1-10(17)15-8-9-16-13(18)7-4-11-2-5-12(14)6-3-11/h2-7H,8-9H2,1H3,(H,15,17)(H,16,18)/b7-4+. The van der Waals surface area contributed by atoms with E-state index in [1.165, 1.54) is 25.1 Å². The second-order valence-corrected chi connectivity index (χ2v) is 3.66. The Hall–Kier alpha value is -2.17. The number of rotatable bonds is 5. The minimum Gasteiger partial charge on any atom is -0.355 e. The molecule has 0 aromatic heterocycles. The zero-order valence-electron chi connectivity index (χ0n) is 10.1. The number of carbonyl (C=O) groups is 2. The predicted octanol–water partition coefficient (Wildman–Crippen LogP) is 1.09. The average Bonchev–Trinajstić information content (AvgIpc) is 2.34. The van der Waals surface area contributed by atoms with E-state index in [0.29, 0.717) is 13.1 Å². The van der Waals surface area contributed by atoms with Crippen LogP contribution in [-0.2, 0) is 9.59 Å². The van der Waals surface area contributed by atoms with Crippen molar-refractivity contribution < 1.29 is 14.0 Å². The second-order valence-electron chi connectivity index (χ2n) is 3.66. The van der Waals surface area contributed by atoms with E-state index in [1.54, 1.807) is 18.2 Å². The zero-order chi connectivity index (χ0) is 13.4. The molecule has 1 aromatic carbocycles. The smallest absolute Gasteiger partial charge is 0.244 e. The molecule has 0 heterocycles. The van der Waals surface area contributed by atoms with Gasteiger partial charge in [0, 0.05) is 26.1 Å². The predicted molar refractivity (Wildman–Crippen MR) is 67.1 cm³/mol. The van der Waals surface area contributed by atoms with E-state index in [1.807, 2.05) is 0 Å². The van der Waals surface area contributed by atoms with Crippen molar-refractivity contribution in [3.63, 3.8) is 0 Å². The Morgan fingerprint density at radius 2 is 1.78 bits per heavy atom. The molecule has 18 heavy (non-hydrogen) atoms. The van der Waals surface area contributed by atoms with Gasteiger partial charge < -0.3 is 10.6 Å². The van der Waals surface area contributed by atoms with Crippen LogP contribution in [0.4, 0.5) is 4.39 Å². The molecule has 1 aromatic rings. The third kappa shape index (κ3) is 5.79. The van der Waals surface area contributed by atoms with E-state index in [9.17, 15) is 14.0 Å². The molecule has 0 saturated carbocycles. The fourth-order valence-electron chi connectivity index (χ4n) is 1.23. The van der Waals surface area contributed by atoms with E-state index in [-0.39, 0.29) is 17.6 Å². The van der Waals surface area contributed by atoms with E-state index in [4.69, 9.17) is 0 Å². The minimum atomic E-state index is -0.313. The van der Waals surface area contributed by atoms with Crippen LogP contribution < -0.4 is 10.6 Å². The first-order valence-electron chi connectivity index (χ1n) is 5.54. The molecule has 0 aliphatic rings. The lowest BCUT2D eigenvalue weighted by molar-refractivity contribution is -0.119. The lowest BCUT2D eigenvalue weighted by atomic mass is 10.2. The quantitative estimate of drug-likeness (QED) is 0.607. The van der Waals surface area contributed by atoms with E-state index in [0.717, 1.165) is 5.56 Å². The highest BCUT2D eigenvalue weighted by molar-refractivity contribution is 5.91. The Kier molecular flexibility index (Phi) is 5.57. The fourth-order valence-corrected chi connectivity index (χ4v) is 1.23. The van der Waals surface area contributed by atoms with Crippen LogP contribution in [0.2, 0.25) is 0 Å². The summed E-state index contributed by atoms with van der Waals surface area (Å²) in [6, 6.07) is 5.82. The molecule has 2 amide bonds. The number of halogens is 1. The Morgan fingerprint density at radius 3 is 2.39 bits per heavy atom. The Morgan fingerprint density at radius 1 is 1.17 bits per heavy atom. The largest absolute Gasteiger partial charge is 0.355 e. The number of amides is 2. The summed E-state index contributed by atoms with van der Waals surface area (Å²) >= 11 is 0. The van der Waals surface area contributed by atoms with Crippen LogP contribution in [0, 0.1) is 5.82 Å². The molecule has 0 saturated heterocycles. The third-order valence-corrected chi connectivity index (χ3v) is 2.10. The molecule has 0 aliphatic carbocycles. The van der Waals surface area contributed by atoms with Crippen molar-refractivity contribution in [1.82, 2.24) is 10.6 Å².